The van der Waals surface area contributed by atoms with E-state index in [1.165, 1.54) is 23.5 Å². The quantitative estimate of drug-likeness (QED) is 0.323. The first-order chi connectivity index (χ1) is 21.7. The van der Waals surface area contributed by atoms with Crippen molar-refractivity contribution in [3.05, 3.63) is 72.6 Å². The van der Waals surface area contributed by atoms with Gasteiger partial charge in [0.1, 0.15) is 17.9 Å². The second kappa shape index (κ2) is 12.9. The predicted molar refractivity (Wildman–Crippen MR) is 163 cm³/mol. The Morgan fingerprint density at radius 3 is 2.58 bits per heavy atom. The van der Waals surface area contributed by atoms with E-state index < -0.39 is 17.8 Å². The molecule has 3 aromatic rings. The number of hydrogen-bond donors (Lipinski definition) is 2. The van der Waals surface area contributed by atoms with E-state index in [2.05, 4.69) is 37.0 Å². The van der Waals surface area contributed by atoms with Crippen LogP contribution in [0.15, 0.2) is 61.4 Å². The van der Waals surface area contributed by atoms with Crippen LogP contribution in [-0.4, -0.2) is 79.9 Å². The SMILES string of the molecule is C=CC(=O)Nc1cc(Nc2cc(N3OCC[C@@H]3c3cccc(C(F)(F)F)c3)ncn2)c(OC)cc1N1CCN(C2COC2)CC1. The zero-order valence-corrected chi connectivity index (χ0v) is 24.7. The van der Waals surface area contributed by atoms with Gasteiger partial charge in [0.05, 0.1) is 61.6 Å². The normalized spacial score (nSPS) is 19.2. The first kappa shape index (κ1) is 30.6. The molecule has 0 radical (unpaired) electrons. The van der Waals surface area contributed by atoms with Crippen LogP contribution in [0.5, 0.6) is 5.75 Å². The van der Waals surface area contributed by atoms with Gasteiger partial charge >= 0.3 is 6.18 Å². The van der Waals surface area contributed by atoms with Crippen molar-refractivity contribution in [1.29, 1.82) is 0 Å². The summed E-state index contributed by atoms with van der Waals surface area (Å²) in [7, 11) is 1.56. The number of alkyl halides is 3. The summed E-state index contributed by atoms with van der Waals surface area (Å²) in [5.41, 5.74) is 1.67. The molecule has 6 rings (SSSR count). The van der Waals surface area contributed by atoms with Crippen LogP contribution in [0.25, 0.3) is 0 Å². The van der Waals surface area contributed by atoms with E-state index >= 15 is 0 Å². The third-order valence-electron chi connectivity index (χ3n) is 8.20. The molecule has 0 unspecified atom stereocenters. The van der Waals surface area contributed by atoms with E-state index in [9.17, 15) is 18.0 Å². The summed E-state index contributed by atoms with van der Waals surface area (Å²) in [6.45, 7) is 8.69. The molecule has 0 aliphatic carbocycles. The minimum absolute atomic E-state index is 0.317. The van der Waals surface area contributed by atoms with Crippen molar-refractivity contribution < 1.29 is 32.3 Å². The molecule has 0 saturated carbocycles. The third-order valence-corrected chi connectivity index (χ3v) is 8.20. The molecule has 238 valence electrons. The Bertz CT molecular complexity index is 1540. The highest BCUT2D eigenvalue weighted by Gasteiger charge is 2.34. The van der Waals surface area contributed by atoms with Crippen LogP contribution >= 0.6 is 0 Å². The first-order valence-electron chi connectivity index (χ1n) is 14.6. The highest BCUT2D eigenvalue weighted by Crippen LogP contribution is 2.41. The summed E-state index contributed by atoms with van der Waals surface area (Å²) in [5, 5.41) is 7.67. The van der Waals surface area contributed by atoms with Gasteiger partial charge in [-0.05, 0) is 29.8 Å². The molecule has 4 heterocycles. The maximum absolute atomic E-state index is 13.4. The predicted octanol–water partition coefficient (Wildman–Crippen LogP) is 4.78. The number of rotatable bonds is 9. The number of benzene rings is 2. The summed E-state index contributed by atoms with van der Waals surface area (Å²) in [6.07, 6.45) is -1.41. The summed E-state index contributed by atoms with van der Waals surface area (Å²) >= 11 is 0. The van der Waals surface area contributed by atoms with Gasteiger partial charge in [-0.3, -0.25) is 14.5 Å². The molecule has 3 fully saturated rings. The minimum Gasteiger partial charge on any atom is -0.494 e. The highest BCUT2D eigenvalue weighted by molar-refractivity contribution is 6.02. The van der Waals surface area contributed by atoms with Gasteiger partial charge in [0.2, 0.25) is 5.91 Å². The smallest absolute Gasteiger partial charge is 0.416 e. The van der Waals surface area contributed by atoms with Crippen LogP contribution in [-0.2, 0) is 20.5 Å². The Labute approximate surface area is 258 Å². The van der Waals surface area contributed by atoms with Gasteiger partial charge in [0.25, 0.3) is 0 Å². The topological polar surface area (TPSA) is 104 Å². The van der Waals surface area contributed by atoms with E-state index in [1.807, 2.05) is 6.07 Å². The average molecular weight is 626 g/mol. The molecule has 0 bridgehead atoms. The molecule has 3 saturated heterocycles. The molecule has 2 N–H and O–H groups in total. The zero-order chi connectivity index (χ0) is 31.6. The largest absolute Gasteiger partial charge is 0.494 e. The molecule has 0 spiro atoms. The Hall–Kier alpha value is -4.40. The van der Waals surface area contributed by atoms with E-state index in [0.29, 0.717) is 53.4 Å². The lowest BCUT2D eigenvalue weighted by molar-refractivity contribution is -0.137. The number of methoxy groups -OCH3 is 1. The fraction of sp³-hybridized carbons (Fsp3) is 0.387. The molecule has 1 atom stereocenters. The van der Waals surface area contributed by atoms with Crippen LogP contribution in [0.4, 0.5) is 41.9 Å². The Morgan fingerprint density at radius 1 is 1.09 bits per heavy atom. The maximum atomic E-state index is 13.4. The standard InChI is InChI=1S/C31H34F3N7O4/c1-3-30(42)38-23-14-24(27(43-2)15-26(23)40-10-8-39(9-11-40)22-17-44-18-22)37-28-16-29(36-19-35-28)41-25(7-12-45-41)20-5-4-6-21(13-20)31(32,33)34/h3-6,13-16,19,22,25H,1,7-12,17-18H2,2H3,(H,38,42)(H,35,36,37)/t25-/m1/s1. The lowest BCUT2D eigenvalue weighted by Crippen LogP contribution is -2.56. The number of carbonyl (C=O) groups is 1. The molecule has 11 nitrogen and oxygen atoms in total. The van der Waals surface area contributed by atoms with Gasteiger partial charge in [-0.15, -0.1) is 0 Å². The number of halogens is 3. The molecular formula is C31H34F3N7O4. The summed E-state index contributed by atoms with van der Waals surface area (Å²) in [6, 6.07) is 10.5. The minimum atomic E-state index is -4.45. The van der Waals surface area contributed by atoms with Crippen molar-refractivity contribution in [1.82, 2.24) is 14.9 Å². The number of ether oxygens (including phenoxy) is 2. The number of hydrogen-bond acceptors (Lipinski definition) is 10. The van der Waals surface area contributed by atoms with Crippen molar-refractivity contribution in [3.63, 3.8) is 0 Å². The average Bonchev–Trinajstić information content (AvgIpc) is 3.51. The van der Waals surface area contributed by atoms with Crippen molar-refractivity contribution in [3.8, 4) is 5.75 Å². The van der Waals surface area contributed by atoms with Gasteiger partial charge in [-0.25, -0.2) is 15.0 Å². The molecule has 45 heavy (non-hydrogen) atoms. The van der Waals surface area contributed by atoms with Gasteiger partial charge < -0.3 is 25.0 Å². The molecule has 1 amide bonds. The van der Waals surface area contributed by atoms with Crippen molar-refractivity contribution >= 4 is 34.6 Å². The van der Waals surface area contributed by atoms with Crippen LogP contribution in [0.1, 0.15) is 23.6 Å². The van der Waals surface area contributed by atoms with Crippen LogP contribution in [0, 0.1) is 0 Å². The molecule has 1 aromatic heterocycles. The third kappa shape index (κ3) is 6.67. The molecule has 14 heteroatoms. The Balaban J connectivity index is 1.25. The number of piperazine rings is 1. The van der Waals surface area contributed by atoms with Crippen molar-refractivity contribution in [2.75, 3.05) is 73.7 Å². The van der Waals surface area contributed by atoms with Gasteiger partial charge in [0, 0.05) is 44.7 Å². The second-order valence-corrected chi connectivity index (χ2v) is 11.0. The van der Waals surface area contributed by atoms with E-state index in [1.54, 1.807) is 25.3 Å². The molecule has 2 aromatic carbocycles. The number of nitrogens with zero attached hydrogens (tertiary/aromatic N) is 5. The Kier molecular flexibility index (Phi) is 8.79. The summed E-state index contributed by atoms with van der Waals surface area (Å²) < 4.78 is 51.3. The zero-order valence-electron chi connectivity index (χ0n) is 24.7. The Morgan fingerprint density at radius 2 is 1.89 bits per heavy atom. The van der Waals surface area contributed by atoms with E-state index in [0.717, 1.165) is 57.2 Å². The number of amides is 1. The van der Waals surface area contributed by atoms with E-state index in [-0.39, 0.29) is 5.91 Å². The number of hydroxylamine groups is 1. The lowest BCUT2D eigenvalue weighted by atomic mass is 10.0. The molecular weight excluding hydrogens is 591 g/mol. The number of aromatic nitrogens is 2. The molecule has 3 aliphatic heterocycles. The fourth-order valence-electron chi connectivity index (χ4n) is 5.74. The fourth-order valence-corrected chi connectivity index (χ4v) is 5.74. The first-order valence-corrected chi connectivity index (χ1v) is 14.6. The van der Waals surface area contributed by atoms with Crippen molar-refractivity contribution in [2.45, 2.75) is 24.7 Å². The maximum Gasteiger partial charge on any atom is 0.416 e. The van der Waals surface area contributed by atoms with Gasteiger partial charge in [-0.1, -0.05) is 18.7 Å². The summed E-state index contributed by atoms with van der Waals surface area (Å²) in [4.78, 5) is 31.5. The van der Waals surface area contributed by atoms with Crippen LogP contribution in [0.2, 0.25) is 0 Å². The van der Waals surface area contributed by atoms with Gasteiger partial charge in [0.15, 0.2) is 5.82 Å². The molecule has 3 aliphatic rings. The van der Waals surface area contributed by atoms with E-state index in [4.69, 9.17) is 14.3 Å². The van der Waals surface area contributed by atoms with Crippen molar-refractivity contribution in [2.24, 2.45) is 0 Å². The number of carbonyl (C=O) groups excluding carboxylic acids is 1. The van der Waals surface area contributed by atoms with Crippen LogP contribution in [0.3, 0.4) is 0 Å². The van der Waals surface area contributed by atoms with Crippen LogP contribution < -0.4 is 25.3 Å². The highest BCUT2D eigenvalue weighted by atomic mass is 19.4. The number of nitrogens with one attached hydrogen (secondary N) is 2. The lowest BCUT2D eigenvalue weighted by Gasteiger charge is -2.43. The monoisotopic (exact) mass is 625 g/mol. The second-order valence-electron chi connectivity index (χ2n) is 11.0. The van der Waals surface area contributed by atoms with Gasteiger partial charge in [-0.2, -0.15) is 13.2 Å². The number of anilines is 5. The summed E-state index contributed by atoms with van der Waals surface area (Å²) in [5.74, 6) is 0.934.